The Morgan fingerprint density at radius 2 is 2.00 bits per heavy atom. The molecular weight excluding hydrogens is 277 g/mol. The Morgan fingerprint density at radius 1 is 1.40 bits per heavy atom. The first-order valence-corrected chi connectivity index (χ1v) is 6.14. The van der Waals surface area contributed by atoms with E-state index in [4.69, 9.17) is 11.6 Å². The molecule has 0 spiro atoms. The van der Waals surface area contributed by atoms with Gasteiger partial charge in [-0.1, -0.05) is 15.9 Å². The van der Waals surface area contributed by atoms with Crippen LogP contribution in [0.5, 0.6) is 0 Å². The SMILES string of the molecule is O=C(c1ccc(Br)cc1)N1CC(CCl)C1. The highest BCUT2D eigenvalue weighted by molar-refractivity contribution is 9.10. The lowest BCUT2D eigenvalue weighted by atomic mass is 10.0. The van der Waals surface area contributed by atoms with Gasteiger partial charge in [0.1, 0.15) is 0 Å². The quantitative estimate of drug-likeness (QED) is 0.766. The van der Waals surface area contributed by atoms with E-state index in [0.717, 1.165) is 23.1 Å². The highest BCUT2D eigenvalue weighted by Gasteiger charge is 2.30. The fraction of sp³-hybridized carbons (Fsp3) is 0.364. The summed E-state index contributed by atoms with van der Waals surface area (Å²) in [6, 6.07) is 7.43. The van der Waals surface area contributed by atoms with Gasteiger partial charge in [0, 0.05) is 34.9 Å². The van der Waals surface area contributed by atoms with Crippen molar-refractivity contribution in [2.24, 2.45) is 5.92 Å². The van der Waals surface area contributed by atoms with Crippen LogP contribution in [0.25, 0.3) is 0 Å². The zero-order valence-electron chi connectivity index (χ0n) is 8.12. The fourth-order valence-electron chi connectivity index (χ4n) is 1.61. The number of alkyl halides is 1. The zero-order valence-corrected chi connectivity index (χ0v) is 10.5. The van der Waals surface area contributed by atoms with Crippen molar-refractivity contribution < 1.29 is 4.79 Å². The number of carbonyl (C=O) groups excluding carboxylic acids is 1. The van der Waals surface area contributed by atoms with Gasteiger partial charge in [-0.25, -0.2) is 0 Å². The number of rotatable bonds is 2. The van der Waals surface area contributed by atoms with Crippen LogP contribution in [-0.4, -0.2) is 29.8 Å². The molecule has 0 aliphatic carbocycles. The van der Waals surface area contributed by atoms with Gasteiger partial charge in [0.05, 0.1) is 0 Å². The lowest BCUT2D eigenvalue weighted by Gasteiger charge is -2.38. The van der Waals surface area contributed by atoms with Gasteiger partial charge < -0.3 is 4.90 Å². The summed E-state index contributed by atoms with van der Waals surface area (Å²) < 4.78 is 0.987. The third-order valence-electron chi connectivity index (χ3n) is 2.55. The molecule has 1 aromatic rings. The largest absolute Gasteiger partial charge is 0.338 e. The average Bonchev–Trinajstić information content (AvgIpc) is 2.17. The van der Waals surface area contributed by atoms with Crippen LogP contribution >= 0.6 is 27.5 Å². The average molecular weight is 289 g/mol. The molecule has 4 heteroatoms. The molecule has 2 rings (SSSR count). The van der Waals surface area contributed by atoms with Crippen LogP contribution in [0, 0.1) is 5.92 Å². The first kappa shape index (κ1) is 11.0. The van der Waals surface area contributed by atoms with E-state index in [-0.39, 0.29) is 5.91 Å². The van der Waals surface area contributed by atoms with E-state index in [0.29, 0.717) is 11.8 Å². The van der Waals surface area contributed by atoms with E-state index in [9.17, 15) is 4.79 Å². The molecule has 0 N–H and O–H groups in total. The van der Waals surface area contributed by atoms with E-state index in [1.165, 1.54) is 0 Å². The van der Waals surface area contributed by atoms with Gasteiger partial charge in [-0.15, -0.1) is 11.6 Å². The summed E-state index contributed by atoms with van der Waals surface area (Å²) in [5.74, 6) is 1.22. The predicted octanol–water partition coefficient (Wildman–Crippen LogP) is 2.76. The van der Waals surface area contributed by atoms with E-state index < -0.39 is 0 Å². The predicted molar refractivity (Wildman–Crippen MR) is 64.3 cm³/mol. The van der Waals surface area contributed by atoms with Gasteiger partial charge in [-0.2, -0.15) is 0 Å². The van der Waals surface area contributed by atoms with Crippen LogP contribution in [0.4, 0.5) is 0 Å². The lowest BCUT2D eigenvalue weighted by molar-refractivity contribution is 0.0535. The number of benzene rings is 1. The molecule has 0 unspecified atom stereocenters. The van der Waals surface area contributed by atoms with Gasteiger partial charge in [0.15, 0.2) is 0 Å². The molecule has 80 valence electrons. The maximum absolute atomic E-state index is 11.9. The molecule has 1 aliphatic heterocycles. The summed E-state index contributed by atoms with van der Waals surface area (Å²) in [6.45, 7) is 1.58. The molecule has 0 aromatic heterocycles. The van der Waals surface area contributed by atoms with Crippen molar-refractivity contribution in [2.75, 3.05) is 19.0 Å². The Labute approximate surface area is 102 Å². The summed E-state index contributed by atoms with van der Waals surface area (Å²) in [6.07, 6.45) is 0. The first-order valence-electron chi connectivity index (χ1n) is 4.81. The van der Waals surface area contributed by atoms with E-state index >= 15 is 0 Å². The minimum absolute atomic E-state index is 0.101. The lowest BCUT2D eigenvalue weighted by Crippen LogP contribution is -2.50. The molecule has 15 heavy (non-hydrogen) atoms. The molecule has 1 amide bonds. The monoisotopic (exact) mass is 287 g/mol. The Hall–Kier alpha value is -0.540. The number of likely N-dealkylation sites (tertiary alicyclic amines) is 1. The Bertz CT molecular complexity index is 359. The molecule has 1 aromatic carbocycles. The molecule has 0 saturated carbocycles. The van der Waals surface area contributed by atoms with Gasteiger partial charge >= 0.3 is 0 Å². The van der Waals surface area contributed by atoms with Crippen LogP contribution in [0.2, 0.25) is 0 Å². The summed E-state index contributed by atoms with van der Waals surface area (Å²) >= 11 is 9.04. The van der Waals surface area contributed by atoms with Crippen molar-refractivity contribution in [3.05, 3.63) is 34.3 Å². The molecular formula is C11H11BrClNO. The highest BCUT2D eigenvalue weighted by atomic mass is 79.9. The van der Waals surface area contributed by atoms with Crippen LogP contribution in [-0.2, 0) is 0 Å². The number of nitrogens with zero attached hydrogens (tertiary/aromatic N) is 1. The standard InChI is InChI=1S/C11H11BrClNO/c12-10-3-1-9(2-4-10)11(15)14-6-8(5-13)7-14/h1-4,8H,5-7H2. The smallest absolute Gasteiger partial charge is 0.253 e. The number of carbonyl (C=O) groups is 1. The van der Waals surface area contributed by atoms with Crippen molar-refractivity contribution in [2.45, 2.75) is 0 Å². The summed E-state index contributed by atoms with van der Waals surface area (Å²) in [5.41, 5.74) is 0.742. The van der Waals surface area contributed by atoms with Crippen molar-refractivity contribution in [1.82, 2.24) is 4.90 Å². The van der Waals surface area contributed by atoms with Crippen molar-refractivity contribution in [3.8, 4) is 0 Å². The molecule has 1 aliphatic rings. The fourth-order valence-corrected chi connectivity index (χ4v) is 2.07. The normalized spacial score (nSPS) is 16.3. The maximum Gasteiger partial charge on any atom is 0.253 e. The van der Waals surface area contributed by atoms with Crippen LogP contribution in [0.15, 0.2) is 28.7 Å². The van der Waals surface area contributed by atoms with Gasteiger partial charge in [-0.05, 0) is 24.3 Å². The summed E-state index contributed by atoms with van der Waals surface area (Å²) in [4.78, 5) is 13.7. The number of halogens is 2. The molecule has 1 saturated heterocycles. The molecule has 1 fully saturated rings. The minimum Gasteiger partial charge on any atom is -0.338 e. The number of hydrogen-bond donors (Lipinski definition) is 0. The third-order valence-corrected chi connectivity index (χ3v) is 3.52. The highest BCUT2D eigenvalue weighted by Crippen LogP contribution is 2.20. The molecule has 1 heterocycles. The Kier molecular flexibility index (Phi) is 3.32. The molecule has 2 nitrogen and oxygen atoms in total. The first-order chi connectivity index (χ1) is 7.20. The summed E-state index contributed by atoms with van der Waals surface area (Å²) in [5, 5.41) is 0. The zero-order chi connectivity index (χ0) is 10.8. The van der Waals surface area contributed by atoms with E-state index in [1.54, 1.807) is 0 Å². The number of hydrogen-bond acceptors (Lipinski definition) is 1. The topological polar surface area (TPSA) is 20.3 Å². The molecule has 0 radical (unpaired) electrons. The summed E-state index contributed by atoms with van der Waals surface area (Å²) in [7, 11) is 0. The van der Waals surface area contributed by atoms with Gasteiger partial charge in [-0.3, -0.25) is 4.79 Å². The van der Waals surface area contributed by atoms with E-state index in [1.807, 2.05) is 29.2 Å². The minimum atomic E-state index is 0.101. The second-order valence-electron chi connectivity index (χ2n) is 3.74. The second-order valence-corrected chi connectivity index (χ2v) is 4.96. The van der Waals surface area contributed by atoms with Crippen molar-refractivity contribution in [3.63, 3.8) is 0 Å². The maximum atomic E-state index is 11.9. The Balaban J connectivity index is 2.00. The Morgan fingerprint density at radius 3 is 2.53 bits per heavy atom. The third kappa shape index (κ3) is 2.34. The number of amides is 1. The van der Waals surface area contributed by atoms with Crippen LogP contribution in [0.1, 0.15) is 10.4 Å². The molecule has 0 atom stereocenters. The second kappa shape index (κ2) is 4.54. The van der Waals surface area contributed by atoms with Crippen LogP contribution < -0.4 is 0 Å². The van der Waals surface area contributed by atoms with Crippen molar-refractivity contribution >= 4 is 33.4 Å². The molecule has 0 bridgehead atoms. The van der Waals surface area contributed by atoms with Gasteiger partial charge in [0.2, 0.25) is 0 Å². The van der Waals surface area contributed by atoms with Crippen LogP contribution in [0.3, 0.4) is 0 Å². The van der Waals surface area contributed by atoms with Crippen molar-refractivity contribution in [1.29, 1.82) is 0 Å². The van der Waals surface area contributed by atoms with E-state index in [2.05, 4.69) is 15.9 Å². The van der Waals surface area contributed by atoms with Gasteiger partial charge in [0.25, 0.3) is 5.91 Å².